The molecule has 114 valence electrons. The van der Waals surface area contributed by atoms with Gasteiger partial charge in [0.25, 0.3) is 0 Å². The van der Waals surface area contributed by atoms with Gasteiger partial charge in [-0.25, -0.2) is 0 Å². The average Bonchev–Trinajstić information content (AvgIpc) is 2.26. The number of hydrogen-bond acceptors (Lipinski definition) is 2. The number of benzene rings is 1. The van der Waals surface area contributed by atoms with Crippen LogP contribution in [0.3, 0.4) is 0 Å². The van der Waals surface area contributed by atoms with Gasteiger partial charge in [-0.2, -0.15) is 0 Å². The molecule has 1 aromatic rings. The molecule has 0 fully saturated rings. The van der Waals surface area contributed by atoms with Crippen molar-refractivity contribution in [3.8, 4) is 0 Å². The van der Waals surface area contributed by atoms with Gasteiger partial charge in [0.15, 0.2) is 0 Å². The highest BCUT2D eigenvalue weighted by atomic mass is 32.2. The molecule has 0 bridgehead atoms. The first-order chi connectivity index (χ1) is 9.00. The Morgan fingerprint density at radius 3 is 1.45 bits per heavy atom. The second-order valence-corrected chi connectivity index (χ2v) is 11.4. The molecule has 0 saturated heterocycles. The predicted octanol–water partition coefficient (Wildman–Crippen LogP) is 3.78. The third-order valence-electron chi connectivity index (χ3n) is 2.95. The molecule has 1 aromatic carbocycles. The van der Waals surface area contributed by atoms with E-state index in [9.17, 15) is 8.42 Å². The normalized spacial score (nSPS) is 15.9. The maximum atomic E-state index is 12.2. The second kappa shape index (κ2) is 6.52. The Balaban J connectivity index is 2.82. The van der Waals surface area contributed by atoms with Crippen molar-refractivity contribution in [1.82, 2.24) is 0 Å². The molecule has 0 unspecified atom stereocenters. The third-order valence-corrected chi connectivity index (χ3v) is 6.88. The maximum absolute atomic E-state index is 12.2. The molecule has 0 aromatic heterocycles. The molecule has 0 aliphatic carbocycles. The number of rotatable bonds is 4. The minimum Gasteiger partial charge on any atom is -0.259 e. The van der Waals surface area contributed by atoms with Gasteiger partial charge in [-0.1, -0.05) is 24.3 Å². The summed E-state index contributed by atoms with van der Waals surface area (Å²) in [6, 6.07) is 7.98. The van der Waals surface area contributed by atoms with Crippen LogP contribution in [-0.4, -0.2) is 17.9 Å². The Labute approximate surface area is 128 Å². The highest BCUT2D eigenvalue weighted by Crippen LogP contribution is 2.20. The largest absolute Gasteiger partial charge is 0.259 e. The van der Waals surface area contributed by atoms with E-state index in [0.717, 1.165) is 11.1 Å². The van der Waals surface area contributed by atoms with E-state index in [2.05, 4.69) is 0 Å². The van der Waals surface area contributed by atoms with Crippen molar-refractivity contribution < 1.29 is 8.42 Å². The van der Waals surface area contributed by atoms with Gasteiger partial charge in [0, 0.05) is 42.6 Å². The lowest BCUT2D eigenvalue weighted by Gasteiger charge is -2.19. The first-order valence-electron chi connectivity index (χ1n) is 6.85. The van der Waals surface area contributed by atoms with Crippen LogP contribution in [0.15, 0.2) is 24.3 Å². The van der Waals surface area contributed by atoms with Gasteiger partial charge < -0.3 is 0 Å². The van der Waals surface area contributed by atoms with Gasteiger partial charge in [-0.05, 0) is 52.7 Å². The summed E-state index contributed by atoms with van der Waals surface area (Å²) in [6.45, 7) is 11.9. The standard InChI is InChI=1S/C16H26O2S2/c1-15(2,3)19(17)11-13-8-7-9-14(10-13)12-20(18)16(4,5)6/h7-10H,11-12H2,1-6H3/t19-,20+. The zero-order chi connectivity index (χ0) is 15.6. The van der Waals surface area contributed by atoms with Crippen LogP contribution >= 0.6 is 0 Å². The molecule has 4 heteroatoms. The van der Waals surface area contributed by atoms with Crippen LogP contribution in [0.4, 0.5) is 0 Å². The third kappa shape index (κ3) is 5.49. The van der Waals surface area contributed by atoms with E-state index in [0.29, 0.717) is 11.5 Å². The molecule has 0 amide bonds. The van der Waals surface area contributed by atoms with Crippen LogP contribution < -0.4 is 0 Å². The van der Waals surface area contributed by atoms with Crippen LogP contribution in [0.5, 0.6) is 0 Å². The lowest BCUT2D eigenvalue weighted by molar-refractivity contribution is 0.648. The van der Waals surface area contributed by atoms with Crippen LogP contribution in [0, 0.1) is 0 Å². The molecule has 0 aliphatic rings. The fraction of sp³-hybridized carbons (Fsp3) is 0.625. The summed E-state index contributed by atoms with van der Waals surface area (Å²) in [7, 11) is -1.80. The first kappa shape index (κ1) is 17.6. The van der Waals surface area contributed by atoms with Gasteiger partial charge >= 0.3 is 0 Å². The lowest BCUT2D eigenvalue weighted by Crippen LogP contribution is -2.23. The van der Waals surface area contributed by atoms with Crippen molar-refractivity contribution in [2.24, 2.45) is 0 Å². The van der Waals surface area contributed by atoms with Gasteiger partial charge in [0.1, 0.15) is 0 Å². The fourth-order valence-corrected chi connectivity index (χ4v) is 3.38. The van der Waals surface area contributed by atoms with E-state index in [1.54, 1.807) is 0 Å². The highest BCUT2D eigenvalue weighted by Gasteiger charge is 2.21. The topological polar surface area (TPSA) is 34.1 Å². The Morgan fingerprint density at radius 1 is 0.800 bits per heavy atom. The Kier molecular flexibility index (Phi) is 5.73. The maximum Gasteiger partial charge on any atom is 0.0491 e. The first-order valence-corrected chi connectivity index (χ1v) is 9.49. The van der Waals surface area contributed by atoms with Crippen molar-refractivity contribution in [3.63, 3.8) is 0 Å². The highest BCUT2D eigenvalue weighted by molar-refractivity contribution is 7.85. The van der Waals surface area contributed by atoms with Crippen molar-refractivity contribution in [3.05, 3.63) is 35.4 Å². The van der Waals surface area contributed by atoms with E-state index < -0.39 is 21.6 Å². The molecule has 2 nitrogen and oxygen atoms in total. The Hall–Kier alpha value is -0.480. The van der Waals surface area contributed by atoms with Crippen LogP contribution in [-0.2, 0) is 33.1 Å². The summed E-state index contributed by atoms with van der Waals surface area (Å²) in [6.07, 6.45) is 0. The van der Waals surface area contributed by atoms with Gasteiger partial charge in [-0.3, -0.25) is 8.42 Å². The van der Waals surface area contributed by atoms with Crippen LogP contribution in [0.2, 0.25) is 0 Å². The van der Waals surface area contributed by atoms with Crippen molar-refractivity contribution in [1.29, 1.82) is 0 Å². The van der Waals surface area contributed by atoms with Gasteiger partial charge in [0.2, 0.25) is 0 Å². The van der Waals surface area contributed by atoms with E-state index in [1.807, 2.05) is 65.8 Å². The summed E-state index contributed by atoms with van der Waals surface area (Å²) < 4.78 is 23.9. The van der Waals surface area contributed by atoms with E-state index in [4.69, 9.17) is 0 Å². The molecular formula is C16H26O2S2. The van der Waals surface area contributed by atoms with E-state index >= 15 is 0 Å². The molecule has 1 rings (SSSR count). The summed E-state index contributed by atoms with van der Waals surface area (Å²) >= 11 is 0. The summed E-state index contributed by atoms with van der Waals surface area (Å²) in [5.74, 6) is 1.11. The summed E-state index contributed by atoms with van der Waals surface area (Å²) in [5, 5.41) is 0. The summed E-state index contributed by atoms with van der Waals surface area (Å²) in [5.41, 5.74) is 2.11. The Bertz CT molecular complexity index is 465. The molecule has 0 aliphatic heterocycles. The molecule has 0 radical (unpaired) electrons. The minimum absolute atomic E-state index is 0.204. The molecule has 0 saturated carbocycles. The smallest absolute Gasteiger partial charge is 0.0491 e. The van der Waals surface area contributed by atoms with Crippen molar-refractivity contribution >= 4 is 21.6 Å². The second-order valence-electron chi connectivity index (χ2n) is 7.02. The monoisotopic (exact) mass is 314 g/mol. The summed E-state index contributed by atoms with van der Waals surface area (Å²) in [4.78, 5) is 0. The van der Waals surface area contributed by atoms with Crippen molar-refractivity contribution in [2.45, 2.75) is 62.5 Å². The van der Waals surface area contributed by atoms with Crippen molar-refractivity contribution in [2.75, 3.05) is 0 Å². The Morgan fingerprint density at radius 2 is 1.15 bits per heavy atom. The molecular weight excluding hydrogens is 288 g/mol. The molecule has 2 atom stereocenters. The average molecular weight is 315 g/mol. The zero-order valence-electron chi connectivity index (χ0n) is 13.4. The minimum atomic E-state index is -0.902. The van der Waals surface area contributed by atoms with Crippen LogP contribution in [0.25, 0.3) is 0 Å². The van der Waals surface area contributed by atoms with Gasteiger partial charge in [-0.15, -0.1) is 0 Å². The van der Waals surface area contributed by atoms with Crippen LogP contribution in [0.1, 0.15) is 52.7 Å². The SMILES string of the molecule is CC(C)(C)[S@](=O)Cc1cccc(C[S@](=O)C(C)(C)C)c1. The van der Waals surface area contributed by atoms with E-state index in [1.165, 1.54) is 0 Å². The molecule has 0 spiro atoms. The molecule has 0 heterocycles. The lowest BCUT2D eigenvalue weighted by atomic mass is 10.2. The van der Waals surface area contributed by atoms with Gasteiger partial charge in [0.05, 0.1) is 0 Å². The van der Waals surface area contributed by atoms with E-state index in [-0.39, 0.29) is 9.49 Å². The quantitative estimate of drug-likeness (QED) is 0.847. The predicted molar refractivity (Wildman–Crippen MR) is 89.6 cm³/mol. The zero-order valence-corrected chi connectivity index (χ0v) is 15.0. The molecule has 20 heavy (non-hydrogen) atoms. The molecule has 0 N–H and O–H groups in total. The number of hydrogen-bond donors (Lipinski definition) is 0. The fourth-order valence-electron chi connectivity index (χ4n) is 1.54.